The van der Waals surface area contributed by atoms with Crippen LogP contribution in [0.15, 0.2) is 46.9 Å². The molecule has 2 rings (SSSR count). The number of hydrogen-bond acceptors (Lipinski definition) is 3. The summed E-state index contributed by atoms with van der Waals surface area (Å²) in [6.45, 7) is 3.78. The first-order valence-electron chi connectivity index (χ1n) is 8.17. The molecular formula is C19H20BrClN2O3. The van der Waals surface area contributed by atoms with Crippen molar-refractivity contribution in [2.75, 3.05) is 11.9 Å². The summed E-state index contributed by atoms with van der Waals surface area (Å²) in [7, 11) is 0. The molecule has 0 fully saturated rings. The minimum absolute atomic E-state index is 0.0898. The fourth-order valence-electron chi connectivity index (χ4n) is 2.08. The lowest BCUT2D eigenvalue weighted by molar-refractivity contribution is -0.118. The van der Waals surface area contributed by atoms with Gasteiger partial charge in [0.2, 0.25) is 0 Å². The van der Waals surface area contributed by atoms with E-state index in [-0.39, 0.29) is 24.5 Å². The highest BCUT2D eigenvalue weighted by molar-refractivity contribution is 9.10. The van der Waals surface area contributed by atoms with Gasteiger partial charge in [0.1, 0.15) is 5.75 Å². The van der Waals surface area contributed by atoms with Crippen molar-refractivity contribution in [3.8, 4) is 5.75 Å². The van der Waals surface area contributed by atoms with Crippen LogP contribution in [-0.4, -0.2) is 24.5 Å². The van der Waals surface area contributed by atoms with Crippen molar-refractivity contribution < 1.29 is 14.3 Å². The fourth-order valence-corrected chi connectivity index (χ4v) is 2.88. The van der Waals surface area contributed by atoms with Gasteiger partial charge in [-0.15, -0.1) is 0 Å². The third-order valence-corrected chi connectivity index (χ3v) is 4.51. The van der Waals surface area contributed by atoms with Crippen LogP contribution in [-0.2, 0) is 4.79 Å². The molecule has 2 amide bonds. The Labute approximate surface area is 166 Å². The van der Waals surface area contributed by atoms with E-state index in [1.165, 1.54) is 0 Å². The van der Waals surface area contributed by atoms with Gasteiger partial charge in [0.25, 0.3) is 11.8 Å². The summed E-state index contributed by atoms with van der Waals surface area (Å²) in [5.74, 6) is 0.0226. The number of benzene rings is 2. The van der Waals surface area contributed by atoms with Crippen LogP contribution in [0.3, 0.4) is 0 Å². The van der Waals surface area contributed by atoms with Crippen molar-refractivity contribution >= 4 is 45.0 Å². The highest BCUT2D eigenvalue weighted by Crippen LogP contribution is 2.27. The number of carbonyl (C=O) groups excluding carboxylic acids is 2. The molecule has 26 heavy (non-hydrogen) atoms. The molecule has 0 aliphatic rings. The first kappa shape index (κ1) is 20.3. The second-order valence-corrected chi connectivity index (χ2v) is 7.07. The molecule has 0 radical (unpaired) electrons. The van der Waals surface area contributed by atoms with Gasteiger partial charge < -0.3 is 15.4 Å². The van der Waals surface area contributed by atoms with Crippen LogP contribution in [0.1, 0.15) is 30.6 Å². The van der Waals surface area contributed by atoms with Gasteiger partial charge in [-0.3, -0.25) is 9.59 Å². The molecule has 0 aliphatic carbocycles. The number of nitrogens with one attached hydrogen (secondary N) is 2. The van der Waals surface area contributed by atoms with Crippen molar-refractivity contribution in [1.82, 2.24) is 5.32 Å². The number of hydrogen-bond donors (Lipinski definition) is 2. The summed E-state index contributed by atoms with van der Waals surface area (Å²) >= 11 is 9.20. The van der Waals surface area contributed by atoms with Crippen molar-refractivity contribution in [2.24, 2.45) is 0 Å². The molecule has 138 valence electrons. The van der Waals surface area contributed by atoms with E-state index in [4.69, 9.17) is 16.3 Å². The average molecular weight is 440 g/mol. The zero-order chi connectivity index (χ0) is 19.1. The Morgan fingerprint density at radius 1 is 1.23 bits per heavy atom. The number of halogens is 2. The maximum atomic E-state index is 12.2. The monoisotopic (exact) mass is 438 g/mol. The topological polar surface area (TPSA) is 67.4 Å². The first-order valence-corrected chi connectivity index (χ1v) is 9.34. The van der Waals surface area contributed by atoms with E-state index in [1.807, 2.05) is 13.8 Å². The van der Waals surface area contributed by atoms with E-state index < -0.39 is 0 Å². The molecule has 0 bridgehead atoms. The predicted molar refractivity (Wildman–Crippen MR) is 107 cm³/mol. The molecule has 0 saturated carbocycles. The molecular weight excluding hydrogens is 420 g/mol. The van der Waals surface area contributed by atoms with Gasteiger partial charge in [-0.05, 0) is 65.7 Å². The molecule has 0 aliphatic heterocycles. The standard InChI is InChI=1S/C19H20BrClN2O3/c1-3-12(2)22-19(25)13-5-4-6-15(9-13)23-18(24)11-26-17-8-7-14(21)10-16(17)20/h4-10,12H,3,11H2,1-2H3,(H,22,25)(H,23,24). The smallest absolute Gasteiger partial charge is 0.262 e. The molecule has 2 aromatic carbocycles. The fraction of sp³-hybridized carbons (Fsp3) is 0.263. The van der Waals surface area contributed by atoms with Crippen LogP contribution < -0.4 is 15.4 Å². The van der Waals surface area contributed by atoms with E-state index in [2.05, 4.69) is 26.6 Å². The van der Waals surface area contributed by atoms with Gasteiger partial charge in [-0.25, -0.2) is 0 Å². The van der Waals surface area contributed by atoms with E-state index in [0.717, 1.165) is 6.42 Å². The van der Waals surface area contributed by atoms with E-state index in [0.29, 0.717) is 26.5 Å². The molecule has 1 unspecified atom stereocenters. The number of anilines is 1. The Kier molecular flexibility index (Phi) is 7.48. The summed E-state index contributed by atoms with van der Waals surface area (Å²) < 4.78 is 6.14. The zero-order valence-electron chi connectivity index (χ0n) is 14.5. The first-order chi connectivity index (χ1) is 12.4. The van der Waals surface area contributed by atoms with Gasteiger partial charge in [-0.2, -0.15) is 0 Å². The van der Waals surface area contributed by atoms with Crippen LogP contribution in [0.4, 0.5) is 5.69 Å². The maximum absolute atomic E-state index is 12.2. The van der Waals surface area contributed by atoms with Crippen LogP contribution >= 0.6 is 27.5 Å². The molecule has 0 aromatic heterocycles. The minimum atomic E-state index is -0.327. The SMILES string of the molecule is CCC(C)NC(=O)c1cccc(NC(=O)COc2ccc(Cl)cc2Br)c1. The molecule has 0 spiro atoms. The Morgan fingerprint density at radius 3 is 2.69 bits per heavy atom. The summed E-state index contributed by atoms with van der Waals surface area (Å²) in [5, 5.41) is 6.18. The summed E-state index contributed by atoms with van der Waals surface area (Å²) in [5.41, 5.74) is 1.02. The summed E-state index contributed by atoms with van der Waals surface area (Å²) in [4.78, 5) is 24.3. The van der Waals surface area contributed by atoms with Gasteiger partial charge in [0, 0.05) is 22.3 Å². The van der Waals surface area contributed by atoms with E-state index in [9.17, 15) is 9.59 Å². The van der Waals surface area contributed by atoms with E-state index in [1.54, 1.807) is 42.5 Å². The number of amides is 2. The summed E-state index contributed by atoms with van der Waals surface area (Å²) in [6.07, 6.45) is 0.847. The Bertz CT molecular complexity index is 798. The molecule has 2 N–H and O–H groups in total. The van der Waals surface area contributed by atoms with Crippen LogP contribution in [0.5, 0.6) is 5.75 Å². The highest BCUT2D eigenvalue weighted by Gasteiger charge is 2.11. The summed E-state index contributed by atoms with van der Waals surface area (Å²) in [6, 6.07) is 11.9. The third-order valence-electron chi connectivity index (χ3n) is 3.65. The van der Waals surface area contributed by atoms with E-state index >= 15 is 0 Å². The average Bonchev–Trinajstić information content (AvgIpc) is 2.61. The highest BCUT2D eigenvalue weighted by atomic mass is 79.9. The molecule has 1 atom stereocenters. The van der Waals surface area contributed by atoms with Crippen molar-refractivity contribution in [3.63, 3.8) is 0 Å². The Hall–Kier alpha value is -2.05. The lowest BCUT2D eigenvalue weighted by Gasteiger charge is -2.12. The van der Waals surface area contributed by atoms with Gasteiger partial charge in [-0.1, -0.05) is 24.6 Å². The van der Waals surface area contributed by atoms with Crippen molar-refractivity contribution in [1.29, 1.82) is 0 Å². The largest absolute Gasteiger partial charge is 0.483 e. The second kappa shape index (κ2) is 9.59. The minimum Gasteiger partial charge on any atom is -0.483 e. The lowest BCUT2D eigenvalue weighted by atomic mass is 10.1. The number of rotatable bonds is 7. The number of carbonyl (C=O) groups is 2. The van der Waals surface area contributed by atoms with Gasteiger partial charge in [0.15, 0.2) is 6.61 Å². The molecule has 0 heterocycles. The lowest BCUT2D eigenvalue weighted by Crippen LogP contribution is -2.32. The van der Waals surface area contributed by atoms with Crippen LogP contribution in [0.2, 0.25) is 5.02 Å². The normalized spacial score (nSPS) is 11.5. The Morgan fingerprint density at radius 2 is 2.00 bits per heavy atom. The second-order valence-electron chi connectivity index (χ2n) is 5.78. The third kappa shape index (κ3) is 6.04. The van der Waals surface area contributed by atoms with Gasteiger partial charge in [0.05, 0.1) is 4.47 Å². The molecule has 2 aromatic rings. The Balaban J connectivity index is 1.94. The quantitative estimate of drug-likeness (QED) is 0.660. The van der Waals surface area contributed by atoms with Crippen molar-refractivity contribution in [3.05, 3.63) is 57.5 Å². The molecule has 5 nitrogen and oxygen atoms in total. The zero-order valence-corrected chi connectivity index (χ0v) is 16.9. The van der Waals surface area contributed by atoms with Crippen LogP contribution in [0.25, 0.3) is 0 Å². The molecule has 7 heteroatoms. The van der Waals surface area contributed by atoms with Crippen LogP contribution in [0, 0.1) is 0 Å². The maximum Gasteiger partial charge on any atom is 0.262 e. The van der Waals surface area contributed by atoms with Crippen molar-refractivity contribution in [2.45, 2.75) is 26.3 Å². The molecule has 0 saturated heterocycles. The van der Waals surface area contributed by atoms with Gasteiger partial charge >= 0.3 is 0 Å². The predicted octanol–water partition coefficient (Wildman–Crippen LogP) is 4.65. The number of ether oxygens (including phenoxy) is 1.